The molecule has 18 heavy (non-hydrogen) atoms. The van der Waals surface area contributed by atoms with Gasteiger partial charge in [-0.1, -0.05) is 6.07 Å². The number of nitrogens with two attached hydrogens (primary N) is 1. The second-order valence-corrected chi connectivity index (χ2v) is 4.41. The first kappa shape index (κ1) is 13.2. The normalized spacial score (nSPS) is 17.4. The van der Waals surface area contributed by atoms with Crippen molar-refractivity contribution < 1.29 is 8.78 Å². The van der Waals surface area contributed by atoms with Crippen molar-refractivity contribution in [2.24, 2.45) is 5.73 Å². The summed E-state index contributed by atoms with van der Waals surface area (Å²) >= 11 is 0. The Labute approximate surface area is 105 Å². The number of anilines is 1. The zero-order valence-corrected chi connectivity index (χ0v) is 10.2. The Balaban J connectivity index is 1.88. The van der Waals surface area contributed by atoms with E-state index in [0.29, 0.717) is 19.6 Å². The molecule has 0 unspecified atom stereocenters. The predicted molar refractivity (Wildman–Crippen MR) is 66.8 cm³/mol. The van der Waals surface area contributed by atoms with Gasteiger partial charge in [0, 0.05) is 38.9 Å². The van der Waals surface area contributed by atoms with Gasteiger partial charge in [-0.15, -0.1) is 0 Å². The molecule has 0 amide bonds. The SMILES string of the molecule is NCc1ccc(N2CCN(CC(F)F)CC2)nc1. The highest BCUT2D eigenvalue weighted by atomic mass is 19.3. The fourth-order valence-electron chi connectivity index (χ4n) is 2.08. The number of piperazine rings is 1. The third-order valence-electron chi connectivity index (χ3n) is 3.14. The van der Waals surface area contributed by atoms with Crippen LogP contribution >= 0.6 is 0 Å². The minimum absolute atomic E-state index is 0.132. The van der Waals surface area contributed by atoms with E-state index in [1.165, 1.54) is 0 Å². The van der Waals surface area contributed by atoms with Crippen molar-refractivity contribution in [3.05, 3.63) is 23.9 Å². The van der Waals surface area contributed by atoms with Gasteiger partial charge < -0.3 is 10.6 Å². The van der Waals surface area contributed by atoms with Gasteiger partial charge in [-0.3, -0.25) is 4.90 Å². The lowest BCUT2D eigenvalue weighted by Gasteiger charge is -2.35. The fourth-order valence-corrected chi connectivity index (χ4v) is 2.08. The van der Waals surface area contributed by atoms with E-state index in [2.05, 4.69) is 9.88 Å². The van der Waals surface area contributed by atoms with Crippen molar-refractivity contribution in [1.82, 2.24) is 9.88 Å². The molecule has 2 N–H and O–H groups in total. The first-order valence-electron chi connectivity index (χ1n) is 6.09. The van der Waals surface area contributed by atoms with Crippen LogP contribution in [0, 0.1) is 0 Å². The number of rotatable bonds is 4. The molecule has 6 heteroatoms. The lowest BCUT2D eigenvalue weighted by Crippen LogP contribution is -2.48. The topological polar surface area (TPSA) is 45.4 Å². The summed E-state index contributed by atoms with van der Waals surface area (Å²) in [6, 6.07) is 3.89. The number of hydrogen-bond acceptors (Lipinski definition) is 4. The zero-order valence-electron chi connectivity index (χ0n) is 10.2. The van der Waals surface area contributed by atoms with Crippen LogP contribution in [-0.4, -0.2) is 49.0 Å². The number of nitrogens with zero attached hydrogens (tertiary/aromatic N) is 3. The van der Waals surface area contributed by atoms with Gasteiger partial charge in [0.2, 0.25) is 0 Å². The summed E-state index contributed by atoms with van der Waals surface area (Å²) < 4.78 is 24.5. The highest BCUT2D eigenvalue weighted by Crippen LogP contribution is 2.14. The summed E-state index contributed by atoms with van der Waals surface area (Å²) in [5.41, 5.74) is 6.51. The first-order valence-corrected chi connectivity index (χ1v) is 6.09. The van der Waals surface area contributed by atoms with Gasteiger partial charge in [-0.25, -0.2) is 13.8 Å². The molecule has 100 valence electrons. The van der Waals surface area contributed by atoms with Gasteiger partial charge in [0.15, 0.2) is 0 Å². The molecule has 1 fully saturated rings. The molecule has 0 atom stereocenters. The molecule has 2 heterocycles. The first-order chi connectivity index (χ1) is 8.69. The summed E-state index contributed by atoms with van der Waals surface area (Å²) in [5, 5.41) is 0. The van der Waals surface area contributed by atoms with E-state index in [4.69, 9.17) is 5.73 Å². The highest BCUT2D eigenvalue weighted by Gasteiger charge is 2.20. The van der Waals surface area contributed by atoms with Crippen LogP contribution in [0.25, 0.3) is 0 Å². The van der Waals surface area contributed by atoms with Gasteiger partial charge in [-0.2, -0.15) is 0 Å². The van der Waals surface area contributed by atoms with E-state index < -0.39 is 6.43 Å². The third kappa shape index (κ3) is 3.36. The summed E-state index contributed by atoms with van der Waals surface area (Å²) in [7, 11) is 0. The second-order valence-electron chi connectivity index (χ2n) is 4.41. The monoisotopic (exact) mass is 256 g/mol. The summed E-state index contributed by atoms with van der Waals surface area (Å²) in [6.45, 7) is 3.14. The van der Waals surface area contributed by atoms with Gasteiger partial charge >= 0.3 is 0 Å². The Hall–Kier alpha value is -1.27. The van der Waals surface area contributed by atoms with E-state index in [1.807, 2.05) is 12.1 Å². The van der Waals surface area contributed by atoms with Gasteiger partial charge in [-0.05, 0) is 11.6 Å². The molecule has 0 saturated carbocycles. The summed E-state index contributed by atoms with van der Waals surface area (Å²) in [4.78, 5) is 8.24. The molecule has 1 aromatic heterocycles. The van der Waals surface area contributed by atoms with E-state index in [9.17, 15) is 8.78 Å². The third-order valence-corrected chi connectivity index (χ3v) is 3.14. The van der Waals surface area contributed by atoms with E-state index in [1.54, 1.807) is 11.1 Å². The zero-order chi connectivity index (χ0) is 13.0. The molecule has 0 spiro atoms. The molecule has 0 bridgehead atoms. The van der Waals surface area contributed by atoms with Crippen molar-refractivity contribution in [3.63, 3.8) is 0 Å². The number of pyridine rings is 1. The Morgan fingerprint density at radius 1 is 1.22 bits per heavy atom. The predicted octanol–water partition coefficient (Wildman–Crippen LogP) is 0.927. The average molecular weight is 256 g/mol. The number of hydrogen-bond donors (Lipinski definition) is 1. The fraction of sp³-hybridized carbons (Fsp3) is 0.583. The van der Waals surface area contributed by atoms with E-state index >= 15 is 0 Å². The largest absolute Gasteiger partial charge is 0.354 e. The van der Waals surface area contributed by atoms with Crippen LogP contribution in [0.1, 0.15) is 5.56 Å². The standard InChI is InChI=1S/C12H18F2N4/c13-11(14)9-17-3-5-18(6-4-17)12-2-1-10(7-15)8-16-12/h1-2,8,11H,3-7,9,15H2. The van der Waals surface area contributed by atoms with Crippen molar-refractivity contribution in [1.29, 1.82) is 0 Å². The quantitative estimate of drug-likeness (QED) is 0.870. The molecule has 1 aromatic rings. The van der Waals surface area contributed by atoms with Gasteiger partial charge in [0.1, 0.15) is 5.82 Å². The Bertz CT molecular complexity index is 361. The van der Waals surface area contributed by atoms with Crippen molar-refractivity contribution >= 4 is 5.82 Å². The second kappa shape index (κ2) is 6.06. The van der Waals surface area contributed by atoms with E-state index in [-0.39, 0.29) is 6.54 Å². The summed E-state index contributed by atoms with van der Waals surface area (Å²) in [5.74, 6) is 0.892. The minimum atomic E-state index is -2.25. The van der Waals surface area contributed by atoms with E-state index in [0.717, 1.165) is 24.5 Å². The molecule has 0 radical (unpaired) electrons. The van der Waals surface area contributed by atoms with Crippen LogP contribution in [0.15, 0.2) is 18.3 Å². The maximum Gasteiger partial charge on any atom is 0.251 e. The van der Waals surface area contributed by atoms with Gasteiger partial charge in [0.05, 0.1) is 6.54 Å². The Morgan fingerprint density at radius 2 is 1.94 bits per heavy atom. The molecule has 1 aliphatic rings. The molecule has 2 rings (SSSR count). The van der Waals surface area contributed by atoms with Crippen LogP contribution in [0.4, 0.5) is 14.6 Å². The summed E-state index contributed by atoms with van der Waals surface area (Å²) in [6.07, 6.45) is -0.487. The molecule has 0 aromatic carbocycles. The molecular weight excluding hydrogens is 238 g/mol. The number of halogens is 2. The van der Waals surface area contributed by atoms with Crippen LogP contribution in [-0.2, 0) is 6.54 Å². The molecule has 0 aliphatic carbocycles. The van der Waals surface area contributed by atoms with Crippen molar-refractivity contribution in [2.45, 2.75) is 13.0 Å². The smallest absolute Gasteiger partial charge is 0.251 e. The Kier molecular flexibility index (Phi) is 4.43. The lowest BCUT2D eigenvalue weighted by molar-refractivity contribution is 0.0854. The maximum atomic E-state index is 12.2. The maximum absolute atomic E-state index is 12.2. The average Bonchev–Trinajstić information content (AvgIpc) is 2.39. The Morgan fingerprint density at radius 3 is 2.44 bits per heavy atom. The highest BCUT2D eigenvalue weighted by molar-refractivity contribution is 5.39. The molecular formula is C12H18F2N4. The lowest BCUT2D eigenvalue weighted by atomic mass is 10.2. The number of alkyl halides is 2. The molecule has 1 saturated heterocycles. The van der Waals surface area contributed by atoms with Crippen LogP contribution < -0.4 is 10.6 Å². The minimum Gasteiger partial charge on any atom is -0.354 e. The van der Waals surface area contributed by atoms with Crippen LogP contribution in [0.2, 0.25) is 0 Å². The number of aromatic nitrogens is 1. The van der Waals surface area contributed by atoms with Gasteiger partial charge in [0.25, 0.3) is 6.43 Å². The molecule has 1 aliphatic heterocycles. The van der Waals surface area contributed by atoms with Crippen molar-refractivity contribution in [3.8, 4) is 0 Å². The van der Waals surface area contributed by atoms with Crippen LogP contribution in [0.5, 0.6) is 0 Å². The molecule has 4 nitrogen and oxygen atoms in total. The van der Waals surface area contributed by atoms with Crippen LogP contribution in [0.3, 0.4) is 0 Å². The van der Waals surface area contributed by atoms with Crippen molar-refractivity contribution in [2.75, 3.05) is 37.6 Å².